The molecule has 2 heterocycles. The summed E-state index contributed by atoms with van der Waals surface area (Å²) in [6.45, 7) is 0. The molecule has 0 atom stereocenters. The van der Waals surface area contributed by atoms with E-state index in [4.69, 9.17) is 0 Å². The molecule has 4 heteroatoms. The second kappa shape index (κ2) is 10.5. The Morgan fingerprint density at radius 1 is 0.381 bits per heavy atom. The van der Waals surface area contributed by atoms with Crippen molar-refractivity contribution in [3.63, 3.8) is 0 Å². The van der Waals surface area contributed by atoms with Crippen LogP contribution in [0.25, 0.3) is 66.1 Å². The number of hydrogen-bond donors (Lipinski definition) is 0. The van der Waals surface area contributed by atoms with Crippen molar-refractivity contribution in [2.75, 3.05) is 0 Å². The van der Waals surface area contributed by atoms with E-state index in [9.17, 15) is 10.5 Å². The van der Waals surface area contributed by atoms with Gasteiger partial charge in [0.05, 0.1) is 11.1 Å². The highest BCUT2D eigenvalue weighted by Crippen LogP contribution is 2.44. The fourth-order valence-electron chi connectivity index (χ4n) is 5.73. The van der Waals surface area contributed by atoms with Gasteiger partial charge >= 0.3 is 0 Å². The Hall–Kier alpha value is -6.10. The van der Waals surface area contributed by atoms with Crippen molar-refractivity contribution < 1.29 is 0 Å². The van der Waals surface area contributed by atoms with E-state index in [-0.39, 0.29) is 0 Å². The number of aromatic nitrogens is 2. The summed E-state index contributed by atoms with van der Waals surface area (Å²) in [5.74, 6) is 0. The van der Waals surface area contributed by atoms with E-state index in [1.165, 1.54) is 32.7 Å². The minimum absolute atomic E-state index is 0.546. The van der Waals surface area contributed by atoms with E-state index in [0.29, 0.717) is 11.1 Å². The Morgan fingerprint density at radius 3 is 1.05 bits per heavy atom. The third-order valence-corrected chi connectivity index (χ3v) is 7.68. The fourth-order valence-corrected chi connectivity index (χ4v) is 5.73. The van der Waals surface area contributed by atoms with Gasteiger partial charge in [-0.15, -0.1) is 0 Å². The maximum absolute atomic E-state index is 9.29. The molecule has 5 aromatic carbocycles. The van der Waals surface area contributed by atoms with Gasteiger partial charge in [0.25, 0.3) is 0 Å². The number of nitriles is 2. The predicted octanol–water partition coefficient (Wildman–Crippen LogP) is 9.19. The van der Waals surface area contributed by atoms with Gasteiger partial charge in [-0.2, -0.15) is 10.5 Å². The lowest BCUT2D eigenvalue weighted by atomic mass is 9.85. The van der Waals surface area contributed by atoms with Crippen molar-refractivity contribution in [1.82, 2.24) is 9.97 Å². The summed E-state index contributed by atoms with van der Waals surface area (Å²) in [4.78, 5) is 8.45. The van der Waals surface area contributed by atoms with Gasteiger partial charge in [-0.1, -0.05) is 97.1 Å². The molecule has 0 aliphatic rings. The molecule has 42 heavy (non-hydrogen) atoms. The summed E-state index contributed by atoms with van der Waals surface area (Å²) in [5.41, 5.74) is 9.60. The quantitative estimate of drug-likeness (QED) is 0.211. The number of rotatable bonds is 4. The van der Waals surface area contributed by atoms with Crippen LogP contribution < -0.4 is 0 Å². The van der Waals surface area contributed by atoms with Crippen molar-refractivity contribution in [1.29, 1.82) is 10.5 Å². The molecule has 0 bridgehead atoms. The molecule has 0 amide bonds. The lowest BCUT2D eigenvalue weighted by Crippen LogP contribution is -1.91. The highest BCUT2D eigenvalue weighted by Gasteiger charge is 2.16. The molecule has 7 rings (SSSR count). The van der Waals surface area contributed by atoms with Gasteiger partial charge in [0.2, 0.25) is 0 Å². The van der Waals surface area contributed by atoms with Gasteiger partial charge in [0.1, 0.15) is 12.1 Å². The van der Waals surface area contributed by atoms with Crippen molar-refractivity contribution >= 4 is 21.5 Å². The number of pyridine rings is 2. The lowest BCUT2D eigenvalue weighted by molar-refractivity contribution is 1.30. The number of hydrogen-bond acceptors (Lipinski definition) is 4. The summed E-state index contributed by atoms with van der Waals surface area (Å²) in [6.07, 6.45) is 6.73. The lowest BCUT2D eigenvalue weighted by Gasteiger charge is -2.18. The highest BCUT2D eigenvalue weighted by molar-refractivity contribution is 6.21. The fraction of sp³-hybridized carbons (Fsp3) is 0. The first-order valence-corrected chi connectivity index (χ1v) is 13.6. The molecule has 2 aromatic heterocycles. The molecule has 0 fully saturated rings. The van der Waals surface area contributed by atoms with Gasteiger partial charge in [-0.3, -0.25) is 9.97 Å². The molecule has 0 spiro atoms. The first-order chi connectivity index (χ1) is 20.7. The molecule has 0 N–H and O–H groups in total. The number of benzene rings is 5. The van der Waals surface area contributed by atoms with Crippen LogP contribution in [0.2, 0.25) is 0 Å². The van der Waals surface area contributed by atoms with Crippen LogP contribution in [0.3, 0.4) is 0 Å². The van der Waals surface area contributed by atoms with E-state index < -0.39 is 0 Å². The standard InChI is InChI=1S/C38H22N4/c39-19-25-17-31(23-41-21-25)27-9-13-29(14-10-27)37-33-5-1-2-6-34(33)38(36-8-4-3-7-35(36)37)30-15-11-28(12-16-30)32-18-26(20-40)22-42-24-32/h1-18,21-24H. The zero-order valence-electron chi connectivity index (χ0n) is 22.5. The topological polar surface area (TPSA) is 73.4 Å². The first kappa shape index (κ1) is 24.9. The van der Waals surface area contributed by atoms with E-state index in [1.54, 1.807) is 24.8 Å². The zero-order valence-corrected chi connectivity index (χ0v) is 22.5. The normalized spacial score (nSPS) is 10.8. The molecular formula is C38H22N4. The van der Waals surface area contributed by atoms with Crippen LogP contribution in [0.4, 0.5) is 0 Å². The van der Waals surface area contributed by atoms with E-state index in [2.05, 4.69) is 119 Å². The van der Waals surface area contributed by atoms with Crippen molar-refractivity contribution in [2.24, 2.45) is 0 Å². The maximum atomic E-state index is 9.29. The third kappa shape index (κ3) is 4.34. The average Bonchev–Trinajstić information content (AvgIpc) is 3.07. The molecule has 7 aromatic rings. The van der Waals surface area contributed by atoms with E-state index in [0.717, 1.165) is 33.4 Å². The molecule has 0 aliphatic carbocycles. The number of fused-ring (bicyclic) bond motifs is 2. The molecular weight excluding hydrogens is 512 g/mol. The van der Waals surface area contributed by atoms with Crippen LogP contribution in [-0.4, -0.2) is 9.97 Å². The minimum Gasteiger partial charge on any atom is -0.263 e. The summed E-state index contributed by atoms with van der Waals surface area (Å²) in [5, 5.41) is 23.3. The maximum Gasteiger partial charge on any atom is 0.101 e. The molecule has 0 aliphatic heterocycles. The Bertz CT molecular complexity index is 1980. The Labute approximate surface area is 243 Å². The summed E-state index contributed by atoms with van der Waals surface area (Å²) in [6, 6.07) is 42.2. The molecule has 0 radical (unpaired) electrons. The average molecular weight is 535 g/mol. The van der Waals surface area contributed by atoms with Crippen LogP contribution in [0.5, 0.6) is 0 Å². The Balaban J connectivity index is 1.38. The van der Waals surface area contributed by atoms with Crippen molar-refractivity contribution in [3.05, 3.63) is 145 Å². The van der Waals surface area contributed by atoms with Crippen molar-refractivity contribution in [3.8, 4) is 56.6 Å². The largest absolute Gasteiger partial charge is 0.263 e. The van der Waals surface area contributed by atoms with Crippen LogP contribution in [-0.2, 0) is 0 Å². The molecule has 0 saturated carbocycles. The van der Waals surface area contributed by atoms with Crippen LogP contribution >= 0.6 is 0 Å². The zero-order chi connectivity index (χ0) is 28.5. The Morgan fingerprint density at radius 2 is 0.714 bits per heavy atom. The smallest absolute Gasteiger partial charge is 0.101 e. The summed E-state index contributed by atoms with van der Waals surface area (Å²) >= 11 is 0. The Kier molecular flexibility index (Phi) is 6.21. The van der Waals surface area contributed by atoms with Gasteiger partial charge in [0.15, 0.2) is 0 Å². The van der Waals surface area contributed by atoms with Crippen LogP contribution in [0.15, 0.2) is 134 Å². The van der Waals surface area contributed by atoms with Gasteiger partial charge in [-0.05, 0) is 67.1 Å². The molecule has 0 saturated heterocycles. The van der Waals surface area contributed by atoms with Gasteiger partial charge in [0, 0.05) is 35.9 Å². The van der Waals surface area contributed by atoms with Crippen LogP contribution in [0, 0.1) is 22.7 Å². The van der Waals surface area contributed by atoms with E-state index in [1.807, 2.05) is 12.1 Å². The highest BCUT2D eigenvalue weighted by atomic mass is 14.6. The second-order valence-electron chi connectivity index (χ2n) is 10.1. The van der Waals surface area contributed by atoms with Crippen molar-refractivity contribution in [2.45, 2.75) is 0 Å². The summed E-state index contributed by atoms with van der Waals surface area (Å²) in [7, 11) is 0. The predicted molar refractivity (Wildman–Crippen MR) is 168 cm³/mol. The summed E-state index contributed by atoms with van der Waals surface area (Å²) < 4.78 is 0. The molecule has 4 nitrogen and oxygen atoms in total. The monoisotopic (exact) mass is 534 g/mol. The number of nitrogens with zero attached hydrogens (tertiary/aromatic N) is 4. The minimum atomic E-state index is 0.546. The molecule has 0 unspecified atom stereocenters. The van der Waals surface area contributed by atoms with Gasteiger partial charge in [-0.25, -0.2) is 0 Å². The first-order valence-electron chi connectivity index (χ1n) is 13.6. The van der Waals surface area contributed by atoms with Gasteiger partial charge < -0.3 is 0 Å². The SMILES string of the molecule is N#Cc1cncc(-c2ccc(-c3c4ccccc4c(-c4ccc(-c5cncc(C#N)c5)cc4)c4ccccc34)cc2)c1. The molecule has 194 valence electrons. The van der Waals surface area contributed by atoms with Crippen LogP contribution in [0.1, 0.15) is 11.1 Å². The third-order valence-electron chi connectivity index (χ3n) is 7.68. The van der Waals surface area contributed by atoms with E-state index >= 15 is 0 Å². The second-order valence-corrected chi connectivity index (χ2v) is 10.1.